The minimum absolute atomic E-state index is 0.214. The maximum Gasteiger partial charge on any atom is 0.123 e. The van der Waals surface area contributed by atoms with E-state index in [9.17, 15) is 9.30 Å². The van der Waals surface area contributed by atoms with Crippen LogP contribution in [0.2, 0.25) is 0 Å². The van der Waals surface area contributed by atoms with Crippen molar-refractivity contribution in [2.75, 3.05) is 0 Å². The highest BCUT2D eigenvalue weighted by atomic mass is 19.1. The van der Waals surface area contributed by atoms with Crippen molar-refractivity contribution in [2.24, 2.45) is 11.1 Å². The van der Waals surface area contributed by atoms with Crippen molar-refractivity contribution in [3.8, 4) is 0 Å². The number of nitrogens with zero attached hydrogens (tertiary/aromatic N) is 1. The Hall–Kier alpha value is -1.51. The molecule has 0 radical (unpaired) electrons. The van der Waals surface area contributed by atoms with Crippen LogP contribution in [-0.4, -0.2) is 6.04 Å². The molecule has 2 unspecified atom stereocenters. The second kappa shape index (κ2) is 5.21. The third kappa shape index (κ3) is 2.78. The summed E-state index contributed by atoms with van der Waals surface area (Å²) in [5.41, 5.74) is 2.01. The normalized spacial score (nSPS) is 27.1. The van der Waals surface area contributed by atoms with Crippen LogP contribution >= 0.6 is 0 Å². The first-order valence-electron chi connectivity index (χ1n) is 5.99. The molecule has 0 aliphatic heterocycles. The second-order valence-electron chi connectivity index (χ2n) is 4.69. The predicted octanol–water partition coefficient (Wildman–Crippen LogP) is 4.16. The molecule has 0 spiro atoms. The summed E-state index contributed by atoms with van der Waals surface area (Å²) in [4.78, 5) is 10.9. The van der Waals surface area contributed by atoms with Crippen LogP contribution in [0.1, 0.15) is 31.7 Å². The highest BCUT2D eigenvalue weighted by Gasteiger charge is 2.26. The Kier molecular flexibility index (Phi) is 3.67. The first kappa shape index (κ1) is 12.0. The third-order valence-corrected chi connectivity index (χ3v) is 3.38. The quantitative estimate of drug-likeness (QED) is 0.705. The molecule has 0 heterocycles. The van der Waals surface area contributed by atoms with Gasteiger partial charge in [0, 0.05) is 0 Å². The summed E-state index contributed by atoms with van der Waals surface area (Å²) in [6, 6.07) is 6.10. The zero-order valence-corrected chi connectivity index (χ0v) is 9.90. The minimum atomic E-state index is -0.241. The van der Waals surface area contributed by atoms with Crippen LogP contribution in [-0.2, 0) is 0 Å². The van der Waals surface area contributed by atoms with Gasteiger partial charge in [0.15, 0.2) is 0 Å². The van der Waals surface area contributed by atoms with Gasteiger partial charge in [0.05, 0.1) is 0 Å². The monoisotopic (exact) mass is 233 g/mol. The molecule has 1 saturated carbocycles. The average molecular weight is 233 g/mol. The topological polar surface area (TPSA) is 29.4 Å². The lowest BCUT2D eigenvalue weighted by atomic mass is 9.82. The number of nitroso groups, excluding NO2 is 1. The van der Waals surface area contributed by atoms with E-state index in [2.05, 4.69) is 12.1 Å². The third-order valence-electron chi connectivity index (χ3n) is 3.38. The van der Waals surface area contributed by atoms with E-state index in [4.69, 9.17) is 0 Å². The van der Waals surface area contributed by atoms with E-state index < -0.39 is 0 Å². The Balaban J connectivity index is 2.24. The zero-order valence-electron chi connectivity index (χ0n) is 9.90. The standard InChI is InChI=1S/C14H16FNO/c1-10-3-2-4-12(14(10)16-17)9-11-5-7-13(15)8-6-11/h5-10,14H,2-4H2,1H3. The Morgan fingerprint density at radius 3 is 2.71 bits per heavy atom. The number of benzene rings is 1. The molecule has 0 saturated heterocycles. The molecule has 1 aliphatic rings. The maximum atomic E-state index is 12.8. The van der Waals surface area contributed by atoms with Gasteiger partial charge < -0.3 is 0 Å². The Labute approximate surface area is 101 Å². The molecule has 3 heteroatoms. The van der Waals surface area contributed by atoms with Crippen molar-refractivity contribution in [3.05, 3.63) is 46.1 Å². The summed E-state index contributed by atoms with van der Waals surface area (Å²) in [7, 11) is 0. The van der Waals surface area contributed by atoms with E-state index in [-0.39, 0.29) is 11.9 Å². The van der Waals surface area contributed by atoms with Crippen LogP contribution in [0.5, 0.6) is 0 Å². The van der Waals surface area contributed by atoms with E-state index in [0.29, 0.717) is 5.92 Å². The van der Waals surface area contributed by atoms with Crippen LogP contribution in [0, 0.1) is 16.6 Å². The molecule has 0 aromatic heterocycles. The Morgan fingerprint density at radius 2 is 2.06 bits per heavy atom. The Morgan fingerprint density at radius 1 is 1.35 bits per heavy atom. The van der Waals surface area contributed by atoms with Gasteiger partial charge >= 0.3 is 0 Å². The molecule has 0 amide bonds. The smallest absolute Gasteiger partial charge is 0.123 e. The lowest BCUT2D eigenvalue weighted by Crippen LogP contribution is -2.22. The van der Waals surface area contributed by atoms with Crippen molar-refractivity contribution in [2.45, 2.75) is 32.2 Å². The highest BCUT2D eigenvalue weighted by Crippen LogP contribution is 2.32. The van der Waals surface area contributed by atoms with Gasteiger partial charge in [-0.3, -0.25) is 0 Å². The molecule has 0 N–H and O–H groups in total. The highest BCUT2D eigenvalue weighted by molar-refractivity contribution is 5.54. The molecule has 1 aromatic carbocycles. The lowest BCUT2D eigenvalue weighted by Gasteiger charge is -2.26. The molecule has 1 aromatic rings. The average Bonchev–Trinajstić information content (AvgIpc) is 2.32. The number of hydrogen-bond acceptors (Lipinski definition) is 2. The molecule has 17 heavy (non-hydrogen) atoms. The summed E-state index contributed by atoms with van der Waals surface area (Å²) in [6.07, 6.45) is 5.04. The number of rotatable bonds is 2. The maximum absolute atomic E-state index is 12.8. The van der Waals surface area contributed by atoms with Gasteiger partial charge in [0.2, 0.25) is 0 Å². The van der Waals surface area contributed by atoms with Gasteiger partial charge in [0.25, 0.3) is 0 Å². The van der Waals surface area contributed by atoms with Crippen molar-refractivity contribution >= 4 is 6.08 Å². The van der Waals surface area contributed by atoms with Crippen molar-refractivity contribution in [3.63, 3.8) is 0 Å². The lowest BCUT2D eigenvalue weighted by molar-refractivity contribution is 0.402. The molecule has 1 aliphatic carbocycles. The van der Waals surface area contributed by atoms with E-state index in [0.717, 1.165) is 30.4 Å². The van der Waals surface area contributed by atoms with E-state index in [1.54, 1.807) is 12.1 Å². The second-order valence-corrected chi connectivity index (χ2v) is 4.69. The molecule has 2 atom stereocenters. The van der Waals surface area contributed by atoms with Gasteiger partial charge in [-0.25, -0.2) is 4.39 Å². The van der Waals surface area contributed by atoms with Gasteiger partial charge in [-0.2, -0.15) is 4.91 Å². The molecular weight excluding hydrogens is 217 g/mol. The summed E-state index contributed by atoms with van der Waals surface area (Å²) in [6.45, 7) is 2.06. The van der Waals surface area contributed by atoms with Crippen LogP contribution in [0.3, 0.4) is 0 Å². The van der Waals surface area contributed by atoms with Crippen LogP contribution in [0.4, 0.5) is 4.39 Å². The van der Waals surface area contributed by atoms with Crippen molar-refractivity contribution < 1.29 is 4.39 Å². The van der Waals surface area contributed by atoms with Crippen molar-refractivity contribution in [1.82, 2.24) is 0 Å². The van der Waals surface area contributed by atoms with Crippen LogP contribution in [0.15, 0.2) is 35.0 Å². The van der Waals surface area contributed by atoms with Gasteiger partial charge in [-0.1, -0.05) is 30.3 Å². The molecular formula is C14H16FNO. The van der Waals surface area contributed by atoms with Gasteiger partial charge in [-0.15, -0.1) is 0 Å². The van der Waals surface area contributed by atoms with Crippen molar-refractivity contribution in [1.29, 1.82) is 0 Å². The number of hydrogen-bond donors (Lipinski definition) is 0. The summed E-state index contributed by atoms with van der Waals surface area (Å²) in [5.74, 6) is 0.0715. The summed E-state index contributed by atoms with van der Waals surface area (Å²) in [5, 5.41) is 3.23. The number of halogens is 1. The van der Waals surface area contributed by atoms with Gasteiger partial charge in [0.1, 0.15) is 11.9 Å². The van der Waals surface area contributed by atoms with E-state index in [1.165, 1.54) is 12.1 Å². The van der Waals surface area contributed by atoms with E-state index in [1.807, 2.05) is 6.08 Å². The van der Waals surface area contributed by atoms with Gasteiger partial charge in [-0.05, 0) is 48.4 Å². The fraction of sp³-hybridized carbons (Fsp3) is 0.429. The predicted molar refractivity (Wildman–Crippen MR) is 67.0 cm³/mol. The molecule has 90 valence electrons. The SMILES string of the molecule is CC1CCCC(=Cc2ccc(F)cc2)C1N=O. The first-order valence-corrected chi connectivity index (χ1v) is 5.99. The molecule has 2 rings (SSSR count). The Bertz CT molecular complexity index is 424. The van der Waals surface area contributed by atoms with Crippen LogP contribution < -0.4 is 0 Å². The minimum Gasteiger partial charge on any atom is -0.207 e. The summed E-state index contributed by atoms with van der Waals surface area (Å²) < 4.78 is 12.8. The van der Waals surface area contributed by atoms with Crippen LogP contribution in [0.25, 0.3) is 6.08 Å². The zero-order chi connectivity index (χ0) is 12.3. The largest absolute Gasteiger partial charge is 0.207 e. The molecule has 0 bridgehead atoms. The fourth-order valence-corrected chi connectivity index (χ4v) is 2.40. The van der Waals surface area contributed by atoms with E-state index >= 15 is 0 Å². The first-order chi connectivity index (χ1) is 8.20. The fourth-order valence-electron chi connectivity index (χ4n) is 2.40. The summed E-state index contributed by atoms with van der Waals surface area (Å²) >= 11 is 0. The molecule has 1 fully saturated rings. The molecule has 2 nitrogen and oxygen atoms in total.